The lowest BCUT2D eigenvalue weighted by Gasteiger charge is -2.12. The molecule has 0 saturated heterocycles. The minimum absolute atomic E-state index is 0.0145. The standard InChI is InChI=1S/C16H12ClF3N2O3/c17-10-4-5-13(12(7-10)15(21)24)25-8-14(23)22-11-3-1-2-9(6-11)16(18,19)20/h1-7H,8H2,(H2,21,24)(H,22,23). The molecule has 0 aliphatic rings. The first-order valence-corrected chi connectivity index (χ1v) is 7.24. The van der Waals surface area contributed by atoms with E-state index in [-0.39, 0.29) is 22.0 Å². The van der Waals surface area contributed by atoms with E-state index in [9.17, 15) is 22.8 Å². The Kier molecular flexibility index (Phi) is 5.53. The Balaban J connectivity index is 2.04. The molecule has 2 amide bonds. The zero-order valence-corrected chi connectivity index (χ0v) is 13.3. The van der Waals surface area contributed by atoms with Crippen LogP contribution in [0.3, 0.4) is 0 Å². The van der Waals surface area contributed by atoms with Crippen LogP contribution in [0.4, 0.5) is 18.9 Å². The molecule has 0 atom stereocenters. The molecule has 0 bridgehead atoms. The van der Waals surface area contributed by atoms with E-state index < -0.39 is 30.2 Å². The first-order valence-electron chi connectivity index (χ1n) is 6.86. The molecule has 0 heterocycles. The number of rotatable bonds is 5. The van der Waals surface area contributed by atoms with E-state index >= 15 is 0 Å². The van der Waals surface area contributed by atoms with Crippen molar-refractivity contribution < 1.29 is 27.5 Å². The smallest absolute Gasteiger partial charge is 0.416 e. The van der Waals surface area contributed by atoms with Gasteiger partial charge in [-0.05, 0) is 36.4 Å². The number of benzene rings is 2. The SMILES string of the molecule is NC(=O)c1cc(Cl)ccc1OCC(=O)Nc1cccc(C(F)(F)F)c1. The summed E-state index contributed by atoms with van der Waals surface area (Å²) in [7, 11) is 0. The Bertz CT molecular complexity index is 809. The zero-order valence-electron chi connectivity index (χ0n) is 12.6. The summed E-state index contributed by atoms with van der Waals surface area (Å²) in [4.78, 5) is 23.2. The van der Waals surface area contributed by atoms with Crippen LogP contribution in [0.2, 0.25) is 5.02 Å². The molecule has 0 aromatic heterocycles. The molecule has 25 heavy (non-hydrogen) atoms. The van der Waals surface area contributed by atoms with Crippen molar-refractivity contribution in [2.24, 2.45) is 5.73 Å². The van der Waals surface area contributed by atoms with Crippen LogP contribution in [0.5, 0.6) is 5.75 Å². The third kappa shape index (κ3) is 5.12. The Morgan fingerprint density at radius 1 is 1.16 bits per heavy atom. The van der Waals surface area contributed by atoms with Gasteiger partial charge in [0.1, 0.15) is 5.75 Å². The van der Waals surface area contributed by atoms with E-state index in [1.807, 2.05) is 0 Å². The van der Waals surface area contributed by atoms with Gasteiger partial charge in [-0.3, -0.25) is 9.59 Å². The average Bonchev–Trinajstić information content (AvgIpc) is 2.53. The van der Waals surface area contributed by atoms with E-state index in [4.69, 9.17) is 22.1 Å². The summed E-state index contributed by atoms with van der Waals surface area (Å²) in [5, 5.41) is 2.54. The van der Waals surface area contributed by atoms with Gasteiger partial charge in [0.15, 0.2) is 6.61 Å². The molecule has 9 heteroatoms. The Morgan fingerprint density at radius 3 is 2.52 bits per heavy atom. The quantitative estimate of drug-likeness (QED) is 0.843. The van der Waals surface area contributed by atoms with Crippen LogP contribution in [0.1, 0.15) is 15.9 Å². The van der Waals surface area contributed by atoms with E-state index in [1.54, 1.807) is 0 Å². The van der Waals surface area contributed by atoms with Gasteiger partial charge in [-0.15, -0.1) is 0 Å². The molecule has 0 aliphatic heterocycles. The minimum atomic E-state index is -4.52. The second-order valence-electron chi connectivity index (χ2n) is 4.92. The normalized spacial score (nSPS) is 11.0. The molecule has 0 unspecified atom stereocenters. The van der Waals surface area contributed by atoms with Gasteiger partial charge in [-0.25, -0.2) is 0 Å². The Morgan fingerprint density at radius 2 is 1.88 bits per heavy atom. The lowest BCUT2D eigenvalue weighted by Crippen LogP contribution is -2.22. The third-order valence-electron chi connectivity index (χ3n) is 3.04. The molecule has 3 N–H and O–H groups in total. The van der Waals surface area contributed by atoms with Gasteiger partial charge in [-0.1, -0.05) is 17.7 Å². The molecule has 5 nitrogen and oxygen atoms in total. The number of ether oxygens (including phenoxy) is 1. The van der Waals surface area contributed by atoms with E-state index in [1.165, 1.54) is 30.3 Å². The van der Waals surface area contributed by atoms with Gasteiger partial charge in [0.05, 0.1) is 11.1 Å². The van der Waals surface area contributed by atoms with Crippen molar-refractivity contribution in [2.75, 3.05) is 11.9 Å². The van der Waals surface area contributed by atoms with Crippen molar-refractivity contribution in [3.05, 3.63) is 58.6 Å². The van der Waals surface area contributed by atoms with Crippen LogP contribution in [-0.2, 0) is 11.0 Å². The summed E-state index contributed by atoms with van der Waals surface area (Å²) < 4.78 is 43.1. The number of hydrogen-bond acceptors (Lipinski definition) is 3. The Labute approximate surface area is 145 Å². The molecule has 2 aromatic rings. The van der Waals surface area contributed by atoms with Crippen LogP contribution >= 0.6 is 11.6 Å². The van der Waals surface area contributed by atoms with Crippen molar-refractivity contribution in [3.8, 4) is 5.75 Å². The van der Waals surface area contributed by atoms with E-state index in [2.05, 4.69) is 5.32 Å². The highest BCUT2D eigenvalue weighted by atomic mass is 35.5. The molecule has 0 fully saturated rings. The lowest BCUT2D eigenvalue weighted by molar-refractivity contribution is -0.137. The summed E-state index contributed by atoms with van der Waals surface area (Å²) in [6.45, 7) is -0.530. The van der Waals surface area contributed by atoms with Gasteiger partial charge < -0.3 is 15.8 Å². The first-order chi connectivity index (χ1) is 11.7. The van der Waals surface area contributed by atoms with Gasteiger partial charge in [0.2, 0.25) is 0 Å². The molecule has 0 radical (unpaired) electrons. The van der Waals surface area contributed by atoms with E-state index in [0.717, 1.165) is 12.1 Å². The molecule has 2 rings (SSSR count). The summed E-state index contributed by atoms with van der Waals surface area (Å²) in [5.41, 5.74) is 4.25. The number of amides is 2. The van der Waals surface area contributed by atoms with Crippen molar-refractivity contribution in [2.45, 2.75) is 6.18 Å². The maximum atomic E-state index is 12.6. The van der Waals surface area contributed by atoms with E-state index in [0.29, 0.717) is 0 Å². The highest BCUT2D eigenvalue weighted by Gasteiger charge is 2.30. The number of anilines is 1. The van der Waals surface area contributed by atoms with Gasteiger partial charge in [0.25, 0.3) is 11.8 Å². The molecular weight excluding hydrogens is 361 g/mol. The van der Waals surface area contributed by atoms with Crippen LogP contribution in [-0.4, -0.2) is 18.4 Å². The number of nitrogens with two attached hydrogens (primary N) is 1. The van der Waals surface area contributed by atoms with Crippen LogP contribution < -0.4 is 15.8 Å². The maximum Gasteiger partial charge on any atom is 0.416 e. The predicted octanol–water partition coefficient (Wildman–Crippen LogP) is 3.48. The fourth-order valence-electron chi connectivity index (χ4n) is 1.93. The second-order valence-corrected chi connectivity index (χ2v) is 5.36. The van der Waals surface area contributed by atoms with Crippen LogP contribution in [0, 0.1) is 0 Å². The number of halogens is 4. The zero-order chi connectivity index (χ0) is 18.6. The number of alkyl halides is 3. The predicted molar refractivity (Wildman–Crippen MR) is 85.5 cm³/mol. The summed E-state index contributed by atoms with van der Waals surface area (Å²) in [5.74, 6) is -1.46. The second kappa shape index (κ2) is 7.43. The topological polar surface area (TPSA) is 81.4 Å². The van der Waals surface area contributed by atoms with Crippen molar-refractivity contribution in [3.63, 3.8) is 0 Å². The maximum absolute atomic E-state index is 12.6. The van der Waals surface area contributed by atoms with Crippen LogP contribution in [0.25, 0.3) is 0 Å². The minimum Gasteiger partial charge on any atom is -0.483 e. The van der Waals surface area contributed by atoms with Gasteiger partial charge in [0, 0.05) is 10.7 Å². The summed E-state index contributed by atoms with van der Waals surface area (Å²) in [6, 6.07) is 8.25. The number of carbonyl (C=O) groups is 2. The highest BCUT2D eigenvalue weighted by molar-refractivity contribution is 6.31. The Hall–Kier alpha value is -2.74. The summed E-state index contributed by atoms with van der Waals surface area (Å²) in [6.07, 6.45) is -4.52. The van der Waals surface area contributed by atoms with Crippen LogP contribution in [0.15, 0.2) is 42.5 Å². The first kappa shape index (κ1) is 18.6. The van der Waals surface area contributed by atoms with Crippen molar-refractivity contribution in [1.82, 2.24) is 0 Å². The number of carbonyl (C=O) groups excluding carboxylic acids is 2. The largest absolute Gasteiger partial charge is 0.483 e. The highest BCUT2D eigenvalue weighted by Crippen LogP contribution is 2.30. The summed E-state index contributed by atoms with van der Waals surface area (Å²) >= 11 is 5.75. The fraction of sp³-hybridized carbons (Fsp3) is 0.125. The molecule has 0 spiro atoms. The molecule has 2 aromatic carbocycles. The van der Waals surface area contributed by atoms with Gasteiger partial charge in [-0.2, -0.15) is 13.2 Å². The molecule has 132 valence electrons. The average molecular weight is 373 g/mol. The van der Waals surface area contributed by atoms with Crippen molar-refractivity contribution in [1.29, 1.82) is 0 Å². The fourth-order valence-corrected chi connectivity index (χ4v) is 2.11. The number of primary amides is 1. The van der Waals surface area contributed by atoms with Gasteiger partial charge >= 0.3 is 6.18 Å². The number of nitrogens with one attached hydrogen (secondary N) is 1. The monoisotopic (exact) mass is 372 g/mol. The molecular formula is C16H12ClF3N2O3. The lowest BCUT2D eigenvalue weighted by atomic mass is 10.2. The van der Waals surface area contributed by atoms with Crippen molar-refractivity contribution >= 4 is 29.1 Å². The molecule has 0 saturated carbocycles. The number of hydrogen-bond donors (Lipinski definition) is 2. The molecule has 0 aliphatic carbocycles. The third-order valence-corrected chi connectivity index (χ3v) is 3.27.